The van der Waals surface area contributed by atoms with Crippen molar-refractivity contribution in [3.8, 4) is 0 Å². The SMILES string of the molecule is CN1CCC2(CC1)CCS(=O)(=O)C2. The Kier molecular flexibility index (Phi) is 2.15. The lowest BCUT2D eigenvalue weighted by Crippen LogP contribution is -2.38. The molecule has 0 aliphatic carbocycles. The van der Waals surface area contributed by atoms with Crippen LogP contribution < -0.4 is 0 Å². The van der Waals surface area contributed by atoms with Gasteiger partial charge in [-0.3, -0.25) is 0 Å². The number of rotatable bonds is 0. The Bertz CT molecular complexity index is 289. The van der Waals surface area contributed by atoms with Crippen LogP contribution in [0.25, 0.3) is 0 Å². The van der Waals surface area contributed by atoms with E-state index in [1.807, 2.05) is 0 Å². The van der Waals surface area contributed by atoms with Crippen molar-refractivity contribution in [2.75, 3.05) is 31.6 Å². The normalized spacial score (nSPS) is 32.4. The van der Waals surface area contributed by atoms with Gasteiger partial charge in [-0.2, -0.15) is 0 Å². The zero-order chi connectivity index (χ0) is 9.53. The fraction of sp³-hybridized carbons (Fsp3) is 1.00. The Balaban J connectivity index is 2.08. The van der Waals surface area contributed by atoms with Crippen LogP contribution in [0.1, 0.15) is 19.3 Å². The molecule has 0 atom stereocenters. The summed E-state index contributed by atoms with van der Waals surface area (Å²) in [5.74, 6) is 0.880. The Morgan fingerprint density at radius 1 is 1.15 bits per heavy atom. The highest BCUT2D eigenvalue weighted by molar-refractivity contribution is 7.91. The summed E-state index contributed by atoms with van der Waals surface area (Å²) in [6.45, 7) is 2.13. The monoisotopic (exact) mass is 203 g/mol. The average molecular weight is 203 g/mol. The third-order valence-electron chi connectivity index (χ3n) is 3.52. The van der Waals surface area contributed by atoms with Gasteiger partial charge in [-0.15, -0.1) is 0 Å². The van der Waals surface area contributed by atoms with E-state index in [4.69, 9.17) is 0 Å². The van der Waals surface area contributed by atoms with Crippen molar-refractivity contribution in [1.29, 1.82) is 0 Å². The van der Waals surface area contributed by atoms with Gasteiger partial charge < -0.3 is 4.90 Å². The number of likely N-dealkylation sites (tertiary alicyclic amines) is 1. The number of hydrogen-bond donors (Lipinski definition) is 0. The maximum atomic E-state index is 11.4. The van der Waals surface area contributed by atoms with E-state index in [0.717, 1.165) is 32.4 Å². The predicted octanol–water partition coefficient (Wildman–Crippen LogP) is 0.517. The van der Waals surface area contributed by atoms with Gasteiger partial charge in [-0.05, 0) is 44.8 Å². The van der Waals surface area contributed by atoms with Gasteiger partial charge in [0.05, 0.1) is 11.5 Å². The molecule has 0 aromatic heterocycles. The largest absolute Gasteiger partial charge is 0.306 e. The van der Waals surface area contributed by atoms with Crippen LogP contribution in [0, 0.1) is 5.41 Å². The molecule has 0 N–H and O–H groups in total. The maximum absolute atomic E-state index is 11.4. The second kappa shape index (κ2) is 2.95. The van der Waals surface area contributed by atoms with Crippen molar-refractivity contribution in [3.05, 3.63) is 0 Å². The Labute approximate surface area is 80.0 Å². The summed E-state index contributed by atoms with van der Waals surface area (Å²) in [6, 6.07) is 0. The molecule has 1 spiro atoms. The van der Waals surface area contributed by atoms with Gasteiger partial charge in [0, 0.05) is 0 Å². The molecule has 0 aromatic rings. The lowest BCUT2D eigenvalue weighted by molar-refractivity contribution is 0.145. The first kappa shape index (κ1) is 9.46. The molecular weight excluding hydrogens is 186 g/mol. The number of piperidine rings is 1. The van der Waals surface area contributed by atoms with Crippen LogP contribution in [-0.4, -0.2) is 45.0 Å². The molecule has 2 aliphatic rings. The van der Waals surface area contributed by atoms with E-state index in [1.54, 1.807) is 0 Å². The van der Waals surface area contributed by atoms with Crippen molar-refractivity contribution in [2.24, 2.45) is 5.41 Å². The minimum Gasteiger partial charge on any atom is -0.306 e. The molecule has 2 rings (SSSR count). The van der Waals surface area contributed by atoms with Gasteiger partial charge in [-0.25, -0.2) is 8.42 Å². The minimum atomic E-state index is -2.69. The highest BCUT2D eigenvalue weighted by Gasteiger charge is 2.43. The van der Waals surface area contributed by atoms with Crippen LogP contribution in [0.3, 0.4) is 0 Å². The first-order valence-electron chi connectivity index (χ1n) is 4.90. The van der Waals surface area contributed by atoms with Crippen LogP contribution in [0.4, 0.5) is 0 Å². The highest BCUT2D eigenvalue weighted by Crippen LogP contribution is 2.41. The second-order valence-corrected chi connectivity index (χ2v) is 6.83. The molecule has 13 heavy (non-hydrogen) atoms. The molecule has 0 aromatic carbocycles. The number of nitrogens with zero attached hydrogens (tertiary/aromatic N) is 1. The quantitative estimate of drug-likeness (QED) is 0.576. The van der Waals surface area contributed by atoms with Gasteiger partial charge in [0.25, 0.3) is 0 Å². The van der Waals surface area contributed by atoms with Crippen molar-refractivity contribution < 1.29 is 8.42 Å². The summed E-state index contributed by atoms with van der Waals surface area (Å²) in [5, 5.41) is 0. The zero-order valence-electron chi connectivity index (χ0n) is 8.12. The van der Waals surface area contributed by atoms with E-state index >= 15 is 0 Å². The average Bonchev–Trinajstić information content (AvgIpc) is 2.35. The van der Waals surface area contributed by atoms with Crippen molar-refractivity contribution in [3.63, 3.8) is 0 Å². The lowest BCUT2D eigenvalue weighted by atomic mass is 9.78. The van der Waals surface area contributed by atoms with E-state index in [-0.39, 0.29) is 5.41 Å². The molecular formula is C9H17NO2S. The molecule has 2 heterocycles. The third-order valence-corrected chi connectivity index (χ3v) is 5.40. The van der Waals surface area contributed by atoms with E-state index in [0.29, 0.717) is 11.5 Å². The van der Waals surface area contributed by atoms with Crippen LogP contribution in [0.5, 0.6) is 0 Å². The third kappa shape index (κ3) is 1.89. The van der Waals surface area contributed by atoms with Crippen LogP contribution in [0.15, 0.2) is 0 Å². The topological polar surface area (TPSA) is 37.4 Å². The molecule has 2 saturated heterocycles. The molecule has 2 fully saturated rings. The van der Waals surface area contributed by atoms with Crippen molar-refractivity contribution >= 4 is 9.84 Å². The molecule has 2 aliphatic heterocycles. The Hall–Kier alpha value is -0.0900. The van der Waals surface area contributed by atoms with Crippen LogP contribution in [-0.2, 0) is 9.84 Å². The van der Waals surface area contributed by atoms with Crippen molar-refractivity contribution in [2.45, 2.75) is 19.3 Å². The highest BCUT2D eigenvalue weighted by atomic mass is 32.2. The molecule has 0 radical (unpaired) electrons. The number of hydrogen-bond acceptors (Lipinski definition) is 3. The van der Waals surface area contributed by atoms with E-state index in [2.05, 4.69) is 11.9 Å². The van der Waals surface area contributed by atoms with Gasteiger partial charge in [0.2, 0.25) is 0 Å². The van der Waals surface area contributed by atoms with Crippen molar-refractivity contribution in [1.82, 2.24) is 4.90 Å². The summed E-state index contributed by atoms with van der Waals surface area (Å²) in [4.78, 5) is 2.29. The molecule has 0 bridgehead atoms. The zero-order valence-corrected chi connectivity index (χ0v) is 8.94. The maximum Gasteiger partial charge on any atom is 0.150 e. The summed E-state index contributed by atoms with van der Waals surface area (Å²) < 4.78 is 22.7. The lowest BCUT2D eigenvalue weighted by Gasteiger charge is -2.36. The van der Waals surface area contributed by atoms with Crippen LogP contribution in [0.2, 0.25) is 0 Å². The number of sulfone groups is 1. The second-order valence-electron chi connectivity index (χ2n) is 4.65. The fourth-order valence-corrected chi connectivity index (χ4v) is 4.72. The van der Waals surface area contributed by atoms with E-state index in [1.165, 1.54) is 0 Å². The smallest absolute Gasteiger partial charge is 0.150 e. The van der Waals surface area contributed by atoms with Gasteiger partial charge in [-0.1, -0.05) is 0 Å². The molecule has 0 saturated carbocycles. The fourth-order valence-electron chi connectivity index (χ4n) is 2.47. The van der Waals surface area contributed by atoms with Gasteiger partial charge >= 0.3 is 0 Å². The first-order valence-corrected chi connectivity index (χ1v) is 6.73. The summed E-state index contributed by atoms with van der Waals surface area (Å²) in [7, 11) is -0.583. The molecule has 4 heteroatoms. The Morgan fingerprint density at radius 2 is 1.77 bits per heavy atom. The standard InChI is InChI=1S/C9H17NO2S/c1-10-5-2-9(3-6-10)4-7-13(11,12)8-9/h2-8H2,1H3. The van der Waals surface area contributed by atoms with E-state index in [9.17, 15) is 8.42 Å². The first-order chi connectivity index (χ1) is 6.02. The minimum absolute atomic E-state index is 0.158. The summed E-state index contributed by atoms with van der Waals surface area (Å²) in [6.07, 6.45) is 3.05. The van der Waals surface area contributed by atoms with Crippen LogP contribution >= 0.6 is 0 Å². The Morgan fingerprint density at radius 3 is 2.23 bits per heavy atom. The van der Waals surface area contributed by atoms with E-state index < -0.39 is 9.84 Å². The van der Waals surface area contributed by atoms with Gasteiger partial charge in [0.1, 0.15) is 0 Å². The summed E-state index contributed by atoms with van der Waals surface area (Å²) in [5.41, 5.74) is 0.158. The molecule has 76 valence electrons. The predicted molar refractivity (Wildman–Crippen MR) is 52.4 cm³/mol. The summed E-state index contributed by atoms with van der Waals surface area (Å²) >= 11 is 0. The molecule has 3 nitrogen and oxygen atoms in total. The molecule has 0 unspecified atom stereocenters. The molecule has 0 amide bonds. The van der Waals surface area contributed by atoms with Gasteiger partial charge in [0.15, 0.2) is 9.84 Å².